The van der Waals surface area contributed by atoms with Crippen LogP contribution >= 0.6 is 23.4 Å². The average Bonchev–Trinajstić information content (AvgIpc) is 2.98. The molecule has 0 saturated heterocycles. The van der Waals surface area contributed by atoms with Crippen molar-refractivity contribution in [1.82, 2.24) is 5.32 Å². The predicted octanol–water partition coefficient (Wildman–Crippen LogP) is 3.94. The molecule has 120 valence electrons. The zero-order chi connectivity index (χ0) is 16.1. The fraction of sp³-hybridized carbons (Fsp3) is 0.278. The van der Waals surface area contributed by atoms with Crippen molar-refractivity contribution in [1.29, 1.82) is 0 Å². The highest BCUT2D eigenvalue weighted by molar-refractivity contribution is 7.99. The van der Waals surface area contributed by atoms with Gasteiger partial charge >= 0.3 is 0 Å². The lowest BCUT2D eigenvalue weighted by Gasteiger charge is -2.11. The maximum absolute atomic E-state index is 12.2. The van der Waals surface area contributed by atoms with Crippen molar-refractivity contribution >= 4 is 29.3 Å². The molecule has 0 radical (unpaired) electrons. The molecule has 1 atom stereocenters. The average molecular weight is 348 g/mol. The number of thioether (sulfide) groups is 1. The van der Waals surface area contributed by atoms with Gasteiger partial charge in [0.2, 0.25) is 0 Å². The number of halogens is 1. The van der Waals surface area contributed by atoms with Crippen molar-refractivity contribution in [3.05, 3.63) is 59.1 Å². The van der Waals surface area contributed by atoms with Crippen molar-refractivity contribution in [3.8, 4) is 5.75 Å². The highest BCUT2D eigenvalue weighted by atomic mass is 35.5. The molecular weight excluding hydrogens is 330 g/mol. The van der Waals surface area contributed by atoms with E-state index in [9.17, 15) is 4.79 Å². The van der Waals surface area contributed by atoms with Gasteiger partial charge in [-0.3, -0.25) is 4.79 Å². The predicted molar refractivity (Wildman–Crippen MR) is 94.4 cm³/mol. The van der Waals surface area contributed by atoms with Gasteiger partial charge in [0.25, 0.3) is 5.91 Å². The van der Waals surface area contributed by atoms with E-state index in [1.807, 2.05) is 30.3 Å². The van der Waals surface area contributed by atoms with Crippen molar-refractivity contribution < 1.29 is 9.53 Å². The van der Waals surface area contributed by atoms with Gasteiger partial charge < -0.3 is 10.1 Å². The number of nitrogens with one attached hydrogen (secondary N) is 1. The van der Waals surface area contributed by atoms with E-state index >= 15 is 0 Å². The lowest BCUT2D eigenvalue weighted by atomic mass is 10.1. The molecule has 1 aliphatic heterocycles. The summed E-state index contributed by atoms with van der Waals surface area (Å²) in [6.07, 6.45) is 1.07. The Labute approximate surface area is 145 Å². The molecule has 0 aliphatic carbocycles. The van der Waals surface area contributed by atoms with Gasteiger partial charge in [-0.15, -0.1) is 11.8 Å². The molecule has 0 fully saturated rings. The van der Waals surface area contributed by atoms with Gasteiger partial charge in [-0.1, -0.05) is 29.8 Å². The molecule has 1 aliphatic rings. The molecule has 0 saturated carbocycles. The summed E-state index contributed by atoms with van der Waals surface area (Å²) in [5.74, 6) is 1.68. The van der Waals surface area contributed by atoms with Crippen LogP contribution in [0, 0.1) is 0 Å². The van der Waals surface area contributed by atoms with Gasteiger partial charge in [0, 0.05) is 22.9 Å². The number of carbonyl (C=O) groups excluding carboxylic acids is 1. The Morgan fingerprint density at radius 2 is 2.09 bits per heavy atom. The first kappa shape index (κ1) is 16.2. The summed E-state index contributed by atoms with van der Waals surface area (Å²) in [7, 11) is 0. The fourth-order valence-corrected chi connectivity index (χ4v) is 3.54. The van der Waals surface area contributed by atoms with Crippen molar-refractivity contribution in [2.24, 2.45) is 0 Å². The molecule has 0 bridgehead atoms. The van der Waals surface area contributed by atoms with Gasteiger partial charge in [-0.05, 0) is 48.1 Å². The van der Waals surface area contributed by atoms with Crippen molar-refractivity contribution in [3.63, 3.8) is 0 Å². The largest absolute Gasteiger partial charge is 0.480 e. The number of ether oxygens (including phenoxy) is 1. The number of hydrogen-bond acceptors (Lipinski definition) is 3. The van der Waals surface area contributed by atoms with Gasteiger partial charge in [0.1, 0.15) is 5.75 Å². The summed E-state index contributed by atoms with van der Waals surface area (Å²) in [6, 6.07) is 15.7. The van der Waals surface area contributed by atoms with E-state index < -0.39 is 6.10 Å². The number of amides is 1. The maximum Gasteiger partial charge on any atom is 0.261 e. The minimum absolute atomic E-state index is 0.0537. The molecule has 5 heteroatoms. The van der Waals surface area contributed by atoms with Crippen LogP contribution in [0.1, 0.15) is 12.0 Å². The molecule has 3 rings (SSSR count). The zero-order valence-electron chi connectivity index (χ0n) is 12.6. The van der Waals surface area contributed by atoms with E-state index in [0.29, 0.717) is 18.0 Å². The molecule has 1 unspecified atom stereocenters. The van der Waals surface area contributed by atoms with Crippen LogP contribution in [0.3, 0.4) is 0 Å². The highest BCUT2D eigenvalue weighted by Crippen LogP contribution is 2.31. The van der Waals surface area contributed by atoms with Crippen LogP contribution in [0.2, 0.25) is 5.02 Å². The Morgan fingerprint density at radius 1 is 1.26 bits per heavy atom. The third-order valence-corrected chi connectivity index (χ3v) is 4.96. The van der Waals surface area contributed by atoms with Gasteiger partial charge in [0.05, 0.1) is 0 Å². The third-order valence-electron chi connectivity index (χ3n) is 3.62. The molecule has 1 amide bonds. The SMILES string of the molecule is O=C(NCCCSc1ccccc1)C1Cc2cc(Cl)ccc2O1. The van der Waals surface area contributed by atoms with E-state index in [-0.39, 0.29) is 5.91 Å². The lowest BCUT2D eigenvalue weighted by molar-refractivity contribution is -0.127. The lowest BCUT2D eigenvalue weighted by Crippen LogP contribution is -2.38. The van der Waals surface area contributed by atoms with Crippen molar-refractivity contribution in [2.75, 3.05) is 12.3 Å². The number of carbonyl (C=O) groups is 1. The summed E-state index contributed by atoms with van der Waals surface area (Å²) < 4.78 is 5.67. The molecule has 0 spiro atoms. The molecular formula is C18H18ClNO2S. The maximum atomic E-state index is 12.2. The summed E-state index contributed by atoms with van der Waals surface area (Å²) in [4.78, 5) is 13.4. The first-order valence-electron chi connectivity index (χ1n) is 7.63. The molecule has 3 nitrogen and oxygen atoms in total. The molecule has 1 heterocycles. The fourth-order valence-electron chi connectivity index (χ4n) is 2.47. The number of hydrogen-bond donors (Lipinski definition) is 1. The Bertz CT molecular complexity index is 678. The van der Waals surface area contributed by atoms with Crippen LogP contribution in [0.5, 0.6) is 5.75 Å². The summed E-state index contributed by atoms with van der Waals surface area (Å²) in [5.41, 5.74) is 0.997. The number of fused-ring (bicyclic) bond motifs is 1. The first-order chi connectivity index (χ1) is 11.2. The van der Waals surface area contributed by atoms with Crippen LogP contribution in [0.25, 0.3) is 0 Å². The minimum Gasteiger partial charge on any atom is -0.480 e. The Morgan fingerprint density at radius 3 is 2.91 bits per heavy atom. The van der Waals surface area contributed by atoms with E-state index in [4.69, 9.17) is 16.3 Å². The second kappa shape index (κ2) is 7.75. The van der Waals surface area contributed by atoms with E-state index in [0.717, 1.165) is 23.5 Å². The van der Waals surface area contributed by atoms with E-state index in [2.05, 4.69) is 17.4 Å². The van der Waals surface area contributed by atoms with Gasteiger partial charge in [-0.2, -0.15) is 0 Å². The number of rotatable bonds is 6. The summed E-state index contributed by atoms with van der Waals surface area (Å²) in [6.45, 7) is 0.662. The van der Waals surface area contributed by atoms with Gasteiger partial charge in [-0.25, -0.2) is 0 Å². The Kier molecular flexibility index (Phi) is 5.47. The minimum atomic E-state index is -0.440. The Balaban J connectivity index is 1.38. The standard InChI is InChI=1S/C18H18ClNO2S/c19-14-7-8-16-13(11-14)12-17(22-16)18(21)20-9-4-10-23-15-5-2-1-3-6-15/h1-3,5-8,11,17H,4,9-10,12H2,(H,20,21). The second-order valence-electron chi connectivity index (χ2n) is 5.37. The first-order valence-corrected chi connectivity index (χ1v) is 8.99. The third kappa shape index (κ3) is 4.43. The second-order valence-corrected chi connectivity index (χ2v) is 6.97. The zero-order valence-corrected chi connectivity index (χ0v) is 14.2. The smallest absolute Gasteiger partial charge is 0.261 e. The monoisotopic (exact) mass is 347 g/mol. The normalized spacial score (nSPS) is 15.8. The molecule has 0 aromatic heterocycles. The van der Waals surface area contributed by atoms with Crippen LogP contribution in [0.4, 0.5) is 0 Å². The van der Waals surface area contributed by atoms with Crippen LogP contribution in [-0.4, -0.2) is 24.3 Å². The molecule has 2 aromatic rings. The summed E-state index contributed by atoms with van der Waals surface area (Å²) >= 11 is 7.76. The topological polar surface area (TPSA) is 38.3 Å². The van der Waals surface area contributed by atoms with E-state index in [1.54, 1.807) is 17.8 Å². The van der Waals surface area contributed by atoms with Crippen LogP contribution < -0.4 is 10.1 Å². The quantitative estimate of drug-likeness (QED) is 0.635. The highest BCUT2D eigenvalue weighted by Gasteiger charge is 2.28. The number of benzene rings is 2. The molecule has 2 aromatic carbocycles. The molecule has 23 heavy (non-hydrogen) atoms. The van der Waals surface area contributed by atoms with E-state index in [1.165, 1.54) is 4.90 Å². The summed E-state index contributed by atoms with van der Waals surface area (Å²) in [5, 5.41) is 3.62. The molecule has 1 N–H and O–H groups in total. The van der Waals surface area contributed by atoms with Crippen LogP contribution in [0.15, 0.2) is 53.4 Å². The Hall–Kier alpha value is -1.65. The van der Waals surface area contributed by atoms with Crippen LogP contribution in [-0.2, 0) is 11.2 Å². The van der Waals surface area contributed by atoms with Gasteiger partial charge in [0.15, 0.2) is 6.10 Å². The van der Waals surface area contributed by atoms with Crippen molar-refractivity contribution in [2.45, 2.75) is 23.8 Å².